The summed E-state index contributed by atoms with van der Waals surface area (Å²) < 4.78 is 0. The van der Waals surface area contributed by atoms with E-state index in [4.69, 9.17) is 0 Å². The minimum absolute atomic E-state index is 0.0401. The van der Waals surface area contributed by atoms with Crippen molar-refractivity contribution in [1.29, 1.82) is 0 Å². The molecule has 1 atom stereocenters. The highest BCUT2D eigenvalue weighted by molar-refractivity contribution is 7.09. The molecule has 1 aromatic rings. The average molecular weight is 239 g/mol. The number of carbonyl (C=O) groups is 2. The van der Waals surface area contributed by atoms with Gasteiger partial charge in [0.05, 0.1) is 12.6 Å². The smallest absolute Gasteiger partial charge is 0.243 e. The van der Waals surface area contributed by atoms with E-state index >= 15 is 0 Å². The third-order valence-electron chi connectivity index (χ3n) is 2.57. The Balaban J connectivity index is 2.20. The summed E-state index contributed by atoms with van der Waals surface area (Å²) in [6, 6.07) is -0.0708. The minimum atomic E-state index is -0.102. The van der Waals surface area contributed by atoms with E-state index in [1.807, 2.05) is 12.3 Å². The zero-order chi connectivity index (χ0) is 11.5. The molecule has 0 aromatic carbocycles. The molecule has 1 aliphatic heterocycles. The molecule has 1 unspecified atom stereocenters. The second kappa shape index (κ2) is 4.61. The molecule has 16 heavy (non-hydrogen) atoms. The highest BCUT2D eigenvalue weighted by atomic mass is 32.1. The van der Waals surface area contributed by atoms with Crippen LogP contribution in [0.3, 0.4) is 0 Å². The Morgan fingerprint density at radius 1 is 1.62 bits per heavy atom. The molecule has 1 saturated heterocycles. The Kier molecular flexibility index (Phi) is 3.19. The van der Waals surface area contributed by atoms with Gasteiger partial charge in [-0.25, -0.2) is 4.98 Å². The van der Waals surface area contributed by atoms with Crippen LogP contribution in [0.15, 0.2) is 11.6 Å². The molecule has 6 heteroatoms. The summed E-state index contributed by atoms with van der Waals surface area (Å²) in [5.74, 6) is -0.142. The van der Waals surface area contributed by atoms with Crippen molar-refractivity contribution in [3.63, 3.8) is 0 Å². The van der Waals surface area contributed by atoms with Crippen LogP contribution in [0.4, 0.5) is 0 Å². The molecule has 1 aliphatic rings. The molecule has 0 spiro atoms. The number of hydrogen-bond donors (Lipinski definition) is 1. The lowest BCUT2D eigenvalue weighted by Crippen LogP contribution is -2.52. The zero-order valence-corrected chi connectivity index (χ0v) is 9.79. The fourth-order valence-electron chi connectivity index (χ4n) is 1.79. The summed E-state index contributed by atoms with van der Waals surface area (Å²) in [5.41, 5.74) is 0. The fourth-order valence-corrected chi connectivity index (χ4v) is 2.62. The van der Waals surface area contributed by atoms with Crippen LogP contribution in [0.1, 0.15) is 24.4 Å². The van der Waals surface area contributed by atoms with Gasteiger partial charge in [0.15, 0.2) is 0 Å². The molecule has 2 rings (SSSR count). The maximum Gasteiger partial charge on any atom is 0.243 e. The highest BCUT2D eigenvalue weighted by Gasteiger charge is 2.30. The topological polar surface area (TPSA) is 62.3 Å². The van der Waals surface area contributed by atoms with Crippen LogP contribution in [0.25, 0.3) is 0 Å². The average Bonchev–Trinajstić information content (AvgIpc) is 2.78. The molecule has 2 amide bonds. The van der Waals surface area contributed by atoms with Crippen LogP contribution in [0.2, 0.25) is 0 Å². The highest BCUT2D eigenvalue weighted by Crippen LogP contribution is 2.26. The van der Waals surface area contributed by atoms with Crippen LogP contribution >= 0.6 is 11.3 Å². The number of hydrogen-bond acceptors (Lipinski definition) is 4. The van der Waals surface area contributed by atoms with E-state index in [1.165, 1.54) is 11.3 Å². The molecule has 0 saturated carbocycles. The number of nitrogens with zero attached hydrogens (tertiary/aromatic N) is 2. The van der Waals surface area contributed by atoms with Crippen molar-refractivity contribution in [2.24, 2.45) is 0 Å². The predicted octanol–water partition coefficient (Wildman–Crippen LogP) is 0.553. The molecule has 0 aliphatic carbocycles. The third kappa shape index (κ3) is 2.06. The molecule has 2 heterocycles. The Hall–Kier alpha value is -1.43. The second-order valence-corrected chi connectivity index (χ2v) is 4.52. The zero-order valence-electron chi connectivity index (χ0n) is 8.97. The molecule has 0 radical (unpaired) electrons. The lowest BCUT2D eigenvalue weighted by Gasteiger charge is -2.32. The first kappa shape index (κ1) is 11.1. The Morgan fingerprint density at radius 3 is 3.06 bits per heavy atom. The van der Waals surface area contributed by atoms with E-state index in [2.05, 4.69) is 10.3 Å². The first-order valence-corrected chi connectivity index (χ1v) is 6.06. The summed E-state index contributed by atoms with van der Waals surface area (Å²) in [6.45, 7) is 2.23. The van der Waals surface area contributed by atoms with Crippen molar-refractivity contribution in [2.45, 2.75) is 19.4 Å². The van der Waals surface area contributed by atoms with Gasteiger partial charge in [-0.3, -0.25) is 9.59 Å². The third-order valence-corrected chi connectivity index (χ3v) is 3.45. The summed E-state index contributed by atoms with van der Waals surface area (Å²) in [5, 5.41) is 5.31. The molecule has 86 valence electrons. The quantitative estimate of drug-likeness (QED) is 0.838. The molecular weight excluding hydrogens is 226 g/mol. The maximum atomic E-state index is 11.7. The van der Waals surface area contributed by atoms with Gasteiger partial charge in [0.2, 0.25) is 11.8 Å². The van der Waals surface area contributed by atoms with Gasteiger partial charge < -0.3 is 10.2 Å². The Labute approximate surface area is 97.5 Å². The Morgan fingerprint density at radius 2 is 2.44 bits per heavy atom. The lowest BCUT2D eigenvalue weighted by atomic mass is 10.1. The van der Waals surface area contributed by atoms with Gasteiger partial charge in [-0.2, -0.15) is 0 Å². The van der Waals surface area contributed by atoms with Crippen molar-refractivity contribution in [3.05, 3.63) is 16.6 Å². The standard InChI is InChI=1S/C10H13N3O2S/c1-2-7(10-11-3-4-16-10)13-6-8(14)12-5-9(13)15/h3-4,7H,2,5-6H2,1H3,(H,12,14). The van der Waals surface area contributed by atoms with Crippen molar-refractivity contribution < 1.29 is 9.59 Å². The van der Waals surface area contributed by atoms with Crippen molar-refractivity contribution in [1.82, 2.24) is 15.2 Å². The molecule has 0 bridgehead atoms. The van der Waals surface area contributed by atoms with E-state index in [0.717, 1.165) is 11.4 Å². The van der Waals surface area contributed by atoms with Crippen LogP contribution in [-0.2, 0) is 9.59 Å². The number of carbonyl (C=O) groups excluding carboxylic acids is 2. The van der Waals surface area contributed by atoms with E-state index in [0.29, 0.717) is 0 Å². The van der Waals surface area contributed by atoms with Crippen LogP contribution < -0.4 is 5.32 Å². The Bertz CT molecular complexity index is 391. The lowest BCUT2D eigenvalue weighted by molar-refractivity contribution is -0.143. The van der Waals surface area contributed by atoms with Gasteiger partial charge in [0, 0.05) is 11.6 Å². The monoisotopic (exact) mass is 239 g/mol. The summed E-state index contributed by atoms with van der Waals surface area (Å²) in [6.07, 6.45) is 2.49. The summed E-state index contributed by atoms with van der Waals surface area (Å²) in [4.78, 5) is 28.8. The van der Waals surface area contributed by atoms with Crippen molar-refractivity contribution in [3.8, 4) is 0 Å². The normalized spacial score (nSPS) is 18.4. The minimum Gasteiger partial charge on any atom is -0.345 e. The van der Waals surface area contributed by atoms with Gasteiger partial charge in [0.1, 0.15) is 11.6 Å². The first-order chi connectivity index (χ1) is 7.72. The van der Waals surface area contributed by atoms with Crippen LogP contribution in [0, 0.1) is 0 Å². The number of piperazine rings is 1. The molecule has 1 aromatic heterocycles. The van der Waals surface area contributed by atoms with E-state index in [1.54, 1.807) is 11.1 Å². The van der Waals surface area contributed by atoms with Crippen LogP contribution in [-0.4, -0.2) is 34.8 Å². The predicted molar refractivity (Wildman–Crippen MR) is 59.9 cm³/mol. The number of rotatable bonds is 3. The van der Waals surface area contributed by atoms with Gasteiger partial charge in [-0.1, -0.05) is 6.92 Å². The number of nitrogens with one attached hydrogen (secondary N) is 1. The molecular formula is C10H13N3O2S. The number of amides is 2. The molecule has 5 nitrogen and oxygen atoms in total. The summed E-state index contributed by atoms with van der Waals surface area (Å²) >= 11 is 1.52. The molecule has 1 fully saturated rings. The van der Waals surface area contributed by atoms with E-state index in [-0.39, 0.29) is 30.9 Å². The van der Waals surface area contributed by atoms with Crippen LogP contribution in [0.5, 0.6) is 0 Å². The van der Waals surface area contributed by atoms with E-state index < -0.39 is 0 Å². The van der Waals surface area contributed by atoms with Crippen molar-refractivity contribution in [2.75, 3.05) is 13.1 Å². The van der Waals surface area contributed by atoms with Gasteiger partial charge in [-0.05, 0) is 6.42 Å². The number of aromatic nitrogens is 1. The fraction of sp³-hybridized carbons (Fsp3) is 0.500. The first-order valence-electron chi connectivity index (χ1n) is 5.18. The maximum absolute atomic E-state index is 11.7. The van der Waals surface area contributed by atoms with Gasteiger partial charge >= 0.3 is 0 Å². The van der Waals surface area contributed by atoms with E-state index in [9.17, 15) is 9.59 Å². The van der Waals surface area contributed by atoms with Crippen molar-refractivity contribution >= 4 is 23.2 Å². The van der Waals surface area contributed by atoms with Gasteiger partial charge in [-0.15, -0.1) is 11.3 Å². The largest absolute Gasteiger partial charge is 0.345 e. The SMILES string of the molecule is CCC(c1nccs1)N1CC(=O)NCC1=O. The molecule has 1 N–H and O–H groups in total. The van der Waals surface area contributed by atoms with Gasteiger partial charge in [0.25, 0.3) is 0 Å². The summed E-state index contributed by atoms with van der Waals surface area (Å²) in [7, 11) is 0. The second-order valence-electron chi connectivity index (χ2n) is 3.59. The number of thiazole rings is 1.